The largest absolute Gasteiger partial charge is 0.374 e. The maximum atomic E-state index is 12.0. The molecule has 8 heteroatoms. The van der Waals surface area contributed by atoms with Gasteiger partial charge in [0.05, 0.1) is 32.0 Å². The van der Waals surface area contributed by atoms with E-state index in [0.717, 1.165) is 18.7 Å². The number of amides is 1. The molecule has 1 amide bonds. The number of hydrogen-bond donors (Lipinski definition) is 1. The van der Waals surface area contributed by atoms with Gasteiger partial charge in [0.15, 0.2) is 5.13 Å². The molecule has 0 aromatic carbocycles. The van der Waals surface area contributed by atoms with Gasteiger partial charge in [0.25, 0.3) is 0 Å². The molecule has 22 heavy (non-hydrogen) atoms. The number of aryl methyl sites for hydroxylation is 1. The standard InChI is InChI=1S/C14H19N5O2S/c1-11-6-16-19(7-11)9-12-8-18(3-4-21-12)10-13(20)17-14-15-2-5-22-14/h2,5-7,12H,3-4,8-10H2,1H3,(H,15,17,20)/t12-/m0/s1. The van der Waals surface area contributed by atoms with Crippen molar-refractivity contribution in [3.8, 4) is 0 Å². The monoisotopic (exact) mass is 321 g/mol. The third kappa shape index (κ3) is 4.12. The molecule has 0 unspecified atom stereocenters. The third-order valence-electron chi connectivity index (χ3n) is 3.42. The Morgan fingerprint density at radius 3 is 3.23 bits per heavy atom. The molecule has 118 valence electrons. The lowest BCUT2D eigenvalue weighted by Crippen LogP contribution is -2.47. The summed E-state index contributed by atoms with van der Waals surface area (Å²) < 4.78 is 7.65. The minimum Gasteiger partial charge on any atom is -0.374 e. The van der Waals surface area contributed by atoms with Crippen LogP contribution in [0.1, 0.15) is 5.56 Å². The van der Waals surface area contributed by atoms with E-state index >= 15 is 0 Å². The van der Waals surface area contributed by atoms with Crippen molar-refractivity contribution in [2.75, 3.05) is 31.6 Å². The molecule has 1 fully saturated rings. The summed E-state index contributed by atoms with van der Waals surface area (Å²) in [4.78, 5) is 18.2. The van der Waals surface area contributed by atoms with Gasteiger partial charge in [-0.05, 0) is 12.5 Å². The van der Waals surface area contributed by atoms with Crippen LogP contribution in [0.15, 0.2) is 24.0 Å². The first-order chi connectivity index (χ1) is 10.7. The lowest BCUT2D eigenvalue weighted by atomic mass is 10.2. The molecular formula is C14H19N5O2S. The van der Waals surface area contributed by atoms with E-state index in [1.54, 1.807) is 6.20 Å². The number of carbonyl (C=O) groups is 1. The number of rotatable bonds is 5. The predicted octanol–water partition coefficient (Wildman–Crippen LogP) is 0.988. The highest BCUT2D eigenvalue weighted by atomic mass is 32.1. The number of carbonyl (C=O) groups excluding carboxylic acids is 1. The zero-order valence-electron chi connectivity index (χ0n) is 12.4. The minimum atomic E-state index is -0.0365. The number of hydrogen-bond acceptors (Lipinski definition) is 6. The Bertz CT molecular complexity index is 613. The van der Waals surface area contributed by atoms with E-state index < -0.39 is 0 Å². The Morgan fingerprint density at radius 2 is 2.50 bits per heavy atom. The van der Waals surface area contributed by atoms with Gasteiger partial charge in [0.2, 0.25) is 5.91 Å². The van der Waals surface area contributed by atoms with Crippen molar-refractivity contribution in [3.63, 3.8) is 0 Å². The van der Waals surface area contributed by atoms with Crippen LogP contribution in [0.2, 0.25) is 0 Å². The van der Waals surface area contributed by atoms with Crippen molar-refractivity contribution < 1.29 is 9.53 Å². The van der Waals surface area contributed by atoms with Crippen LogP contribution in [0.25, 0.3) is 0 Å². The van der Waals surface area contributed by atoms with Gasteiger partial charge in [0, 0.05) is 30.9 Å². The van der Waals surface area contributed by atoms with E-state index in [1.165, 1.54) is 11.3 Å². The molecule has 0 saturated carbocycles. The normalized spacial score (nSPS) is 19.2. The second kappa shape index (κ2) is 6.99. The highest BCUT2D eigenvalue weighted by molar-refractivity contribution is 7.13. The lowest BCUT2D eigenvalue weighted by Gasteiger charge is -2.32. The maximum Gasteiger partial charge on any atom is 0.240 e. The number of nitrogens with one attached hydrogen (secondary N) is 1. The first kappa shape index (κ1) is 15.1. The molecule has 1 N–H and O–H groups in total. The molecule has 0 spiro atoms. The van der Waals surface area contributed by atoms with Crippen molar-refractivity contribution in [2.45, 2.75) is 19.6 Å². The molecule has 3 rings (SSSR count). The summed E-state index contributed by atoms with van der Waals surface area (Å²) >= 11 is 1.42. The summed E-state index contributed by atoms with van der Waals surface area (Å²) in [6, 6.07) is 0. The first-order valence-corrected chi connectivity index (χ1v) is 8.09. The average molecular weight is 321 g/mol. The van der Waals surface area contributed by atoms with Crippen molar-refractivity contribution in [1.82, 2.24) is 19.7 Å². The number of thiazole rings is 1. The van der Waals surface area contributed by atoms with Gasteiger partial charge in [-0.15, -0.1) is 11.3 Å². The number of morpholine rings is 1. The van der Waals surface area contributed by atoms with Gasteiger partial charge >= 0.3 is 0 Å². The summed E-state index contributed by atoms with van der Waals surface area (Å²) in [6.45, 7) is 5.20. The van der Waals surface area contributed by atoms with E-state index in [0.29, 0.717) is 24.8 Å². The van der Waals surface area contributed by atoms with E-state index in [2.05, 4.69) is 20.3 Å². The molecule has 2 aromatic rings. The number of anilines is 1. The Kier molecular flexibility index (Phi) is 4.81. The van der Waals surface area contributed by atoms with Crippen LogP contribution in [0, 0.1) is 6.92 Å². The number of nitrogens with zero attached hydrogens (tertiary/aromatic N) is 4. The zero-order valence-corrected chi connectivity index (χ0v) is 13.3. The summed E-state index contributed by atoms with van der Waals surface area (Å²) in [5.74, 6) is -0.0365. The minimum absolute atomic E-state index is 0.0365. The lowest BCUT2D eigenvalue weighted by molar-refractivity contribution is -0.119. The molecule has 1 aliphatic rings. The SMILES string of the molecule is Cc1cnn(C[C@@H]2CN(CC(=O)Nc3nccs3)CCO2)c1. The number of ether oxygens (including phenoxy) is 1. The van der Waals surface area contributed by atoms with E-state index in [-0.39, 0.29) is 12.0 Å². The molecule has 3 heterocycles. The van der Waals surface area contributed by atoms with Crippen LogP contribution < -0.4 is 5.32 Å². The molecule has 0 bridgehead atoms. The van der Waals surface area contributed by atoms with Crippen LogP contribution in [0.4, 0.5) is 5.13 Å². The highest BCUT2D eigenvalue weighted by Gasteiger charge is 2.23. The highest BCUT2D eigenvalue weighted by Crippen LogP contribution is 2.11. The van der Waals surface area contributed by atoms with Crippen molar-refractivity contribution in [3.05, 3.63) is 29.5 Å². The summed E-state index contributed by atoms with van der Waals surface area (Å²) in [6.07, 6.45) is 5.57. The fourth-order valence-electron chi connectivity index (χ4n) is 2.46. The summed E-state index contributed by atoms with van der Waals surface area (Å²) in [7, 11) is 0. The van der Waals surface area contributed by atoms with E-state index in [1.807, 2.05) is 29.4 Å². The number of aromatic nitrogens is 3. The van der Waals surface area contributed by atoms with Gasteiger partial charge < -0.3 is 10.1 Å². The van der Waals surface area contributed by atoms with Gasteiger partial charge in [-0.25, -0.2) is 4.98 Å². The van der Waals surface area contributed by atoms with Crippen molar-refractivity contribution >= 4 is 22.4 Å². The molecule has 1 saturated heterocycles. The molecule has 1 atom stereocenters. The van der Waals surface area contributed by atoms with Gasteiger partial charge in [-0.1, -0.05) is 0 Å². The summed E-state index contributed by atoms with van der Waals surface area (Å²) in [5.41, 5.74) is 1.13. The second-order valence-corrected chi connectivity index (χ2v) is 6.25. The van der Waals surface area contributed by atoms with Crippen LogP contribution >= 0.6 is 11.3 Å². The third-order valence-corrected chi connectivity index (χ3v) is 4.11. The van der Waals surface area contributed by atoms with Crippen LogP contribution in [-0.4, -0.2) is 57.9 Å². The Hall–Kier alpha value is -1.77. The first-order valence-electron chi connectivity index (χ1n) is 7.21. The van der Waals surface area contributed by atoms with Gasteiger partial charge in [0.1, 0.15) is 0 Å². The van der Waals surface area contributed by atoms with Crippen molar-refractivity contribution in [2.24, 2.45) is 0 Å². The van der Waals surface area contributed by atoms with Crippen molar-refractivity contribution in [1.29, 1.82) is 0 Å². The van der Waals surface area contributed by atoms with Crippen LogP contribution in [0.5, 0.6) is 0 Å². The Morgan fingerprint density at radius 1 is 1.59 bits per heavy atom. The second-order valence-electron chi connectivity index (χ2n) is 5.35. The van der Waals surface area contributed by atoms with Gasteiger partial charge in [-0.2, -0.15) is 5.10 Å². The fraction of sp³-hybridized carbons (Fsp3) is 0.500. The summed E-state index contributed by atoms with van der Waals surface area (Å²) in [5, 5.41) is 9.56. The Labute approximate surface area is 132 Å². The predicted molar refractivity (Wildman–Crippen MR) is 83.9 cm³/mol. The van der Waals surface area contributed by atoms with Gasteiger partial charge in [-0.3, -0.25) is 14.4 Å². The smallest absolute Gasteiger partial charge is 0.240 e. The zero-order chi connectivity index (χ0) is 15.4. The molecule has 0 radical (unpaired) electrons. The molecular weight excluding hydrogens is 302 g/mol. The quantitative estimate of drug-likeness (QED) is 0.889. The van der Waals surface area contributed by atoms with Crippen LogP contribution in [0.3, 0.4) is 0 Å². The Balaban J connectivity index is 1.48. The average Bonchev–Trinajstić information content (AvgIpc) is 3.11. The maximum absolute atomic E-state index is 12.0. The molecule has 0 aliphatic carbocycles. The van der Waals surface area contributed by atoms with E-state index in [9.17, 15) is 4.79 Å². The molecule has 7 nitrogen and oxygen atoms in total. The fourth-order valence-corrected chi connectivity index (χ4v) is 3.00. The molecule has 2 aromatic heterocycles. The van der Waals surface area contributed by atoms with E-state index in [4.69, 9.17) is 4.74 Å². The molecule has 1 aliphatic heterocycles. The topological polar surface area (TPSA) is 72.3 Å². The van der Waals surface area contributed by atoms with Crippen LogP contribution in [-0.2, 0) is 16.1 Å².